The van der Waals surface area contributed by atoms with Crippen molar-refractivity contribution in [3.8, 4) is 0 Å². The van der Waals surface area contributed by atoms with Gasteiger partial charge in [0, 0.05) is 17.1 Å². The number of hydrogen-bond acceptors (Lipinski definition) is 1. The summed E-state index contributed by atoms with van der Waals surface area (Å²) in [6.07, 6.45) is 0. The quantitative estimate of drug-likeness (QED) is 0.571. The molecule has 3 nitrogen and oxygen atoms in total. The Balaban J connectivity index is -0.00000000750. The zero-order valence-electron chi connectivity index (χ0n) is 3.64. The molecule has 0 aromatic carbocycles. The predicted octanol–water partition coefficient (Wildman–Crippen LogP) is 0.287. The van der Waals surface area contributed by atoms with Gasteiger partial charge in [-0.15, -0.1) is 37.2 Å². The van der Waals surface area contributed by atoms with Crippen LogP contribution in [0.25, 0.3) is 0 Å². The molecule has 0 fully saturated rings. The summed E-state index contributed by atoms with van der Waals surface area (Å²) in [6.45, 7) is 0. The van der Waals surface area contributed by atoms with Crippen LogP contribution in [0.3, 0.4) is 0 Å². The summed E-state index contributed by atoms with van der Waals surface area (Å²) in [5.41, 5.74) is 8.50. The normalized spacial score (nSPS) is 3.00. The van der Waals surface area contributed by atoms with Gasteiger partial charge in [0.05, 0.1) is 0 Å². The van der Waals surface area contributed by atoms with E-state index in [9.17, 15) is 0 Å². The third-order valence-electron chi connectivity index (χ3n) is 0. The van der Waals surface area contributed by atoms with Gasteiger partial charge in [0.15, 0.2) is 0 Å². The van der Waals surface area contributed by atoms with Crippen LogP contribution in [-0.2, 0) is 17.1 Å². The second kappa shape index (κ2) is 25.4. The van der Waals surface area contributed by atoms with Gasteiger partial charge < -0.3 is 11.5 Å². The summed E-state index contributed by atoms with van der Waals surface area (Å²) in [4.78, 5) is 9.00. The van der Waals surface area contributed by atoms with E-state index in [1.54, 1.807) is 0 Å². The number of hydrogen-bond donors (Lipinski definition) is 2. The largest absolute Gasteiger partial charge is 0.352 e. The number of rotatable bonds is 0. The number of amides is 2. The maximum Gasteiger partial charge on any atom is 0.309 e. The Labute approximate surface area is 76.6 Å². The molecule has 0 unspecified atom stereocenters. The van der Waals surface area contributed by atoms with E-state index in [0.717, 1.165) is 0 Å². The van der Waals surface area contributed by atoms with Crippen molar-refractivity contribution in [2.75, 3.05) is 0 Å². The molecule has 56 valence electrons. The average molecular weight is 225 g/mol. The first kappa shape index (κ1) is 37.9. The van der Waals surface area contributed by atoms with Gasteiger partial charge in [-0.3, -0.25) is 0 Å². The molecule has 0 radical (unpaired) electrons. The predicted molar refractivity (Wildman–Crippen MR) is 35.5 cm³/mol. The van der Waals surface area contributed by atoms with Crippen molar-refractivity contribution in [1.29, 1.82) is 0 Å². The fourth-order valence-electron chi connectivity index (χ4n) is 0. The van der Waals surface area contributed by atoms with Gasteiger partial charge in [-0.05, 0) is 0 Å². The first-order chi connectivity index (χ1) is 1.73. The molecule has 0 bridgehead atoms. The van der Waals surface area contributed by atoms with Crippen molar-refractivity contribution >= 4 is 43.3 Å². The number of urea groups is 1. The fraction of sp³-hybridized carbons (Fsp3) is 0. The molecule has 0 aromatic rings. The second-order valence-corrected chi connectivity index (χ2v) is 0.402. The maximum atomic E-state index is 9.00. The summed E-state index contributed by atoms with van der Waals surface area (Å²) in [5.74, 6) is 0. The van der Waals surface area contributed by atoms with E-state index in [0.29, 0.717) is 0 Å². The van der Waals surface area contributed by atoms with E-state index in [1.807, 2.05) is 0 Å². The molecule has 0 spiro atoms. The standard InChI is InChI=1S/CH4N2O.3ClH.Fe/c2-1(3)4;;;;/h(H4,2,3,4);3*1H;. The van der Waals surface area contributed by atoms with E-state index in [-0.39, 0.29) is 54.3 Å². The summed E-state index contributed by atoms with van der Waals surface area (Å²) < 4.78 is 0. The molecule has 4 N–H and O–H groups in total. The summed E-state index contributed by atoms with van der Waals surface area (Å²) in [5, 5.41) is 0. The first-order valence-corrected chi connectivity index (χ1v) is 0.781. The van der Waals surface area contributed by atoms with E-state index >= 15 is 0 Å². The molecule has 0 saturated heterocycles. The van der Waals surface area contributed by atoms with E-state index in [4.69, 9.17) is 4.79 Å². The molecular formula is CH7Cl3FeN2O. The summed E-state index contributed by atoms with van der Waals surface area (Å²) >= 11 is 0. The molecule has 8 heavy (non-hydrogen) atoms. The Hall–Kier alpha value is 0.659. The van der Waals surface area contributed by atoms with Gasteiger partial charge in [0.25, 0.3) is 0 Å². The zero-order valence-corrected chi connectivity index (χ0v) is 7.19. The van der Waals surface area contributed by atoms with E-state index in [2.05, 4.69) is 11.5 Å². The van der Waals surface area contributed by atoms with Gasteiger partial charge in [-0.25, -0.2) is 4.79 Å². The fourth-order valence-corrected chi connectivity index (χ4v) is 0. The Morgan fingerprint density at radius 1 is 1.00 bits per heavy atom. The zero-order chi connectivity index (χ0) is 3.58. The van der Waals surface area contributed by atoms with Crippen molar-refractivity contribution in [2.24, 2.45) is 11.5 Å². The summed E-state index contributed by atoms with van der Waals surface area (Å²) in [6, 6.07) is -0.833. The topological polar surface area (TPSA) is 69.1 Å². The molecule has 0 aliphatic rings. The van der Waals surface area contributed by atoms with E-state index < -0.39 is 6.03 Å². The van der Waals surface area contributed by atoms with Gasteiger partial charge in [-0.2, -0.15) is 0 Å². The number of nitrogens with two attached hydrogens (primary N) is 2. The Bertz CT molecular complexity index is 40.3. The number of primary amides is 2. The molecule has 0 aliphatic heterocycles. The van der Waals surface area contributed by atoms with Crippen LogP contribution in [-0.4, -0.2) is 6.03 Å². The van der Waals surface area contributed by atoms with Crippen molar-refractivity contribution in [1.82, 2.24) is 0 Å². The minimum Gasteiger partial charge on any atom is -0.352 e. The smallest absolute Gasteiger partial charge is 0.309 e. The molecule has 2 amide bonds. The van der Waals surface area contributed by atoms with E-state index in [1.165, 1.54) is 0 Å². The molecule has 0 aromatic heterocycles. The second-order valence-electron chi connectivity index (χ2n) is 0.402. The van der Waals surface area contributed by atoms with Gasteiger partial charge >= 0.3 is 6.03 Å². The molecule has 0 saturated carbocycles. The van der Waals surface area contributed by atoms with Crippen LogP contribution < -0.4 is 11.5 Å². The third kappa shape index (κ3) is 490. The minimum absolute atomic E-state index is 0. The Morgan fingerprint density at radius 2 is 1.00 bits per heavy atom. The van der Waals surface area contributed by atoms with Crippen LogP contribution in [0, 0.1) is 0 Å². The van der Waals surface area contributed by atoms with Crippen molar-refractivity contribution in [3.05, 3.63) is 0 Å². The SMILES string of the molecule is Cl.Cl.Cl.NC(N)=O.[Fe]. The van der Waals surface area contributed by atoms with Crippen molar-refractivity contribution in [2.45, 2.75) is 0 Å². The van der Waals surface area contributed by atoms with Crippen molar-refractivity contribution in [3.63, 3.8) is 0 Å². The van der Waals surface area contributed by atoms with Crippen LogP contribution in [0.5, 0.6) is 0 Å². The van der Waals surface area contributed by atoms with Crippen LogP contribution in [0.4, 0.5) is 4.79 Å². The minimum atomic E-state index is -0.833. The number of halogens is 3. The van der Waals surface area contributed by atoms with Gasteiger partial charge in [-0.1, -0.05) is 0 Å². The van der Waals surface area contributed by atoms with Crippen LogP contribution in [0.1, 0.15) is 0 Å². The van der Waals surface area contributed by atoms with Gasteiger partial charge in [0.1, 0.15) is 0 Å². The molecule has 0 atom stereocenters. The van der Waals surface area contributed by atoms with Crippen molar-refractivity contribution < 1.29 is 21.9 Å². The third-order valence-corrected chi connectivity index (χ3v) is 0. The first-order valence-electron chi connectivity index (χ1n) is 0.781. The molecule has 0 aliphatic carbocycles. The Morgan fingerprint density at radius 3 is 1.00 bits per heavy atom. The maximum absolute atomic E-state index is 9.00. The van der Waals surface area contributed by atoms with Crippen LogP contribution >= 0.6 is 37.2 Å². The molecular weight excluding hydrogens is 218 g/mol. The Kier molecular flexibility index (Phi) is 120. The van der Waals surface area contributed by atoms with Crippen LogP contribution in [0.2, 0.25) is 0 Å². The monoisotopic (exact) mass is 224 g/mol. The molecule has 0 rings (SSSR count). The van der Waals surface area contributed by atoms with Crippen LogP contribution in [0.15, 0.2) is 0 Å². The molecule has 0 heterocycles. The average Bonchev–Trinajstić information content (AvgIpc) is 0.811. The molecule has 7 heteroatoms. The van der Waals surface area contributed by atoms with Gasteiger partial charge in [0.2, 0.25) is 0 Å². The summed E-state index contributed by atoms with van der Waals surface area (Å²) in [7, 11) is 0. The number of carbonyl (C=O) groups is 1. The number of carbonyl (C=O) groups excluding carboxylic acids is 1.